The number of H-pyrrole nitrogens is 1. The second-order valence-electron chi connectivity index (χ2n) is 6.72. The maximum Gasteiger partial charge on any atom is 0.227 e. The van der Waals surface area contributed by atoms with Crippen molar-refractivity contribution in [3.63, 3.8) is 0 Å². The number of methoxy groups -OCH3 is 2. The summed E-state index contributed by atoms with van der Waals surface area (Å²) in [5, 5.41) is 0.757. The fraction of sp³-hybridized carbons (Fsp3) is 0.286. The summed E-state index contributed by atoms with van der Waals surface area (Å²) in [7, 11) is 3.22. The van der Waals surface area contributed by atoms with Crippen molar-refractivity contribution in [3.8, 4) is 11.5 Å². The molecule has 2 heterocycles. The minimum atomic E-state index is -0.302. The lowest BCUT2D eigenvalue weighted by Crippen LogP contribution is -2.36. The van der Waals surface area contributed by atoms with E-state index in [2.05, 4.69) is 4.98 Å². The van der Waals surface area contributed by atoms with Crippen LogP contribution in [-0.4, -0.2) is 36.6 Å². The Balaban J connectivity index is 1.54. The molecular weight excluding hydrogens is 347 g/mol. The molecule has 0 aliphatic carbocycles. The SMILES string of the molecule is COc1cc2c(cc1OC)CN(C(=O)Cc1c[nH]c3ccc(F)cc13)CC2. The lowest BCUT2D eigenvalue weighted by atomic mass is 9.98. The number of hydrogen-bond donors (Lipinski definition) is 1. The quantitative estimate of drug-likeness (QED) is 0.767. The second-order valence-corrected chi connectivity index (χ2v) is 6.72. The van der Waals surface area contributed by atoms with Crippen LogP contribution in [-0.2, 0) is 24.2 Å². The monoisotopic (exact) mass is 368 g/mol. The predicted octanol–water partition coefficient (Wildman–Crippen LogP) is 3.45. The molecule has 0 atom stereocenters. The molecule has 1 aliphatic rings. The van der Waals surface area contributed by atoms with Gasteiger partial charge in [0, 0.05) is 30.2 Å². The Morgan fingerprint density at radius 2 is 1.89 bits per heavy atom. The molecule has 140 valence electrons. The molecule has 5 nitrogen and oxygen atoms in total. The van der Waals surface area contributed by atoms with Gasteiger partial charge in [-0.3, -0.25) is 4.79 Å². The largest absolute Gasteiger partial charge is 0.493 e. The molecule has 0 saturated heterocycles. The van der Waals surface area contributed by atoms with Gasteiger partial charge in [0.1, 0.15) is 5.82 Å². The van der Waals surface area contributed by atoms with Crippen molar-refractivity contribution in [1.29, 1.82) is 0 Å². The van der Waals surface area contributed by atoms with Gasteiger partial charge < -0.3 is 19.4 Å². The highest BCUT2D eigenvalue weighted by atomic mass is 19.1. The summed E-state index contributed by atoms with van der Waals surface area (Å²) in [5.41, 5.74) is 3.88. The van der Waals surface area contributed by atoms with Crippen molar-refractivity contribution in [1.82, 2.24) is 9.88 Å². The molecule has 0 unspecified atom stereocenters. The molecule has 3 aromatic rings. The topological polar surface area (TPSA) is 54.6 Å². The van der Waals surface area contributed by atoms with Crippen LogP contribution < -0.4 is 9.47 Å². The summed E-state index contributed by atoms with van der Waals surface area (Å²) in [6, 6.07) is 8.49. The van der Waals surface area contributed by atoms with Gasteiger partial charge >= 0.3 is 0 Å². The molecule has 0 radical (unpaired) electrons. The number of rotatable bonds is 4. The average Bonchev–Trinajstić information content (AvgIpc) is 3.08. The van der Waals surface area contributed by atoms with E-state index in [0.29, 0.717) is 24.6 Å². The van der Waals surface area contributed by atoms with Crippen molar-refractivity contribution in [2.75, 3.05) is 20.8 Å². The first-order chi connectivity index (χ1) is 13.1. The number of aromatic nitrogens is 1. The maximum absolute atomic E-state index is 13.6. The molecule has 1 amide bonds. The van der Waals surface area contributed by atoms with E-state index in [-0.39, 0.29) is 18.1 Å². The van der Waals surface area contributed by atoms with Gasteiger partial charge in [-0.1, -0.05) is 0 Å². The third-order valence-corrected chi connectivity index (χ3v) is 5.14. The van der Waals surface area contributed by atoms with Gasteiger partial charge in [-0.25, -0.2) is 4.39 Å². The van der Waals surface area contributed by atoms with Gasteiger partial charge in [-0.2, -0.15) is 0 Å². The lowest BCUT2D eigenvalue weighted by Gasteiger charge is -2.29. The molecule has 1 aromatic heterocycles. The minimum absolute atomic E-state index is 0.0283. The Labute approximate surface area is 156 Å². The van der Waals surface area contributed by atoms with Crippen molar-refractivity contribution >= 4 is 16.8 Å². The summed E-state index contributed by atoms with van der Waals surface area (Å²) in [6.45, 7) is 1.18. The molecule has 6 heteroatoms. The van der Waals surface area contributed by atoms with Crippen LogP contribution in [0.15, 0.2) is 36.5 Å². The van der Waals surface area contributed by atoms with E-state index in [1.54, 1.807) is 26.5 Å². The van der Waals surface area contributed by atoms with Gasteiger partial charge in [0.25, 0.3) is 0 Å². The summed E-state index contributed by atoms with van der Waals surface area (Å²) in [4.78, 5) is 17.8. The summed E-state index contributed by atoms with van der Waals surface area (Å²) < 4.78 is 24.3. The molecule has 0 saturated carbocycles. The van der Waals surface area contributed by atoms with Gasteiger partial charge in [0.2, 0.25) is 5.91 Å². The zero-order valence-corrected chi connectivity index (χ0v) is 15.3. The molecule has 27 heavy (non-hydrogen) atoms. The van der Waals surface area contributed by atoms with Crippen LogP contribution in [0, 0.1) is 5.82 Å². The Bertz CT molecular complexity index is 1010. The van der Waals surface area contributed by atoms with Crippen LogP contribution in [0.25, 0.3) is 10.9 Å². The Morgan fingerprint density at radius 1 is 1.15 bits per heavy atom. The number of hydrogen-bond acceptors (Lipinski definition) is 3. The number of halogens is 1. The van der Waals surface area contributed by atoms with Crippen LogP contribution >= 0.6 is 0 Å². The van der Waals surface area contributed by atoms with Crippen LogP contribution in [0.2, 0.25) is 0 Å². The Morgan fingerprint density at radius 3 is 2.63 bits per heavy atom. The molecule has 1 N–H and O–H groups in total. The van der Waals surface area contributed by atoms with Crippen molar-refractivity contribution in [3.05, 3.63) is 59.0 Å². The third-order valence-electron chi connectivity index (χ3n) is 5.14. The zero-order chi connectivity index (χ0) is 19.0. The first kappa shape index (κ1) is 17.4. The van der Waals surface area contributed by atoms with E-state index in [4.69, 9.17) is 9.47 Å². The molecule has 4 rings (SSSR count). The maximum atomic E-state index is 13.6. The van der Waals surface area contributed by atoms with Crippen LogP contribution in [0.3, 0.4) is 0 Å². The highest BCUT2D eigenvalue weighted by Crippen LogP contribution is 2.33. The normalized spacial score (nSPS) is 13.5. The number of ether oxygens (including phenoxy) is 2. The van der Waals surface area contributed by atoms with E-state index < -0.39 is 0 Å². The smallest absolute Gasteiger partial charge is 0.227 e. The zero-order valence-electron chi connectivity index (χ0n) is 15.3. The van der Waals surface area contributed by atoms with E-state index in [0.717, 1.165) is 28.5 Å². The number of amides is 1. The Kier molecular flexibility index (Phi) is 4.48. The minimum Gasteiger partial charge on any atom is -0.493 e. The van der Waals surface area contributed by atoms with E-state index in [9.17, 15) is 9.18 Å². The third kappa shape index (κ3) is 3.23. The number of aromatic amines is 1. The first-order valence-corrected chi connectivity index (χ1v) is 8.86. The van der Waals surface area contributed by atoms with Gasteiger partial charge in [-0.05, 0) is 53.4 Å². The number of benzene rings is 2. The van der Waals surface area contributed by atoms with Gasteiger partial charge in [-0.15, -0.1) is 0 Å². The number of fused-ring (bicyclic) bond motifs is 2. The standard InChI is InChI=1S/C21H21FN2O3/c1-26-19-7-13-5-6-24(12-15(13)8-20(19)27-2)21(25)9-14-11-23-18-4-3-16(22)10-17(14)18/h3-4,7-8,10-11,23H,5-6,9,12H2,1-2H3. The average molecular weight is 368 g/mol. The summed E-state index contributed by atoms with van der Waals surface area (Å²) >= 11 is 0. The predicted molar refractivity (Wildman–Crippen MR) is 101 cm³/mol. The van der Waals surface area contributed by atoms with E-state index in [1.165, 1.54) is 17.7 Å². The van der Waals surface area contributed by atoms with Gasteiger partial charge in [0.15, 0.2) is 11.5 Å². The Hall–Kier alpha value is -3.02. The lowest BCUT2D eigenvalue weighted by molar-refractivity contribution is -0.131. The fourth-order valence-electron chi connectivity index (χ4n) is 3.67. The number of nitrogens with zero attached hydrogens (tertiary/aromatic N) is 1. The highest BCUT2D eigenvalue weighted by molar-refractivity contribution is 5.89. The van der Waals surface area contributed by atoms with Gasteiger partial charge in [0.05, 0.1) is 20.6 Å². The number of carbonyl (C=O) groups excluding carboxylic acids is 1. The molecule has 1 aliphatic heterocycles. The molecular formula is C21H21FN2O3. The van der Waals surface area contributed by atoms with Crippen LogP contribution in [0.5, 0.6) is 11.5 Å². The molecule has 0 bridgehead atoms. The summed E-state index contributed by atoms with van der Waals surface area (Å²) in [5.74, 6) is 1.10. The molecule has 0 spiro atoms. The highest BCUT2D eigenvalue weighted by Gasteiger charge is 2.23. The number of nitrogens with one attached hydrogen (secondary N) is 1. The summed E-state index contributed by atoms with van der Waals surface area (Å²) in [6.07, 6.45) is 2.80. The molecule has 0 fully saturated rings. The first-order valence-electron chi connectivity index (χ1n) is 8.86. The van der Waals surface area contributed by atoms with Crippen LogP contribution in [0.1, 0.15) is 16.7 Å². The number of carbonyl (C=O) groups is 1. The van der Waals surface area contributed by atoms with Crippen molar-refractivity contribution in [2.45, 2.75) is 19.4 Å². The van der Waals surface area contributed by atoms with Crippen LogP contribution in [0.4, 0.5) is 4.39 Å². The second kappa shape index (κ2) is 6.95. The van der Waals surface area contributed by atoms with Crippen molar-refractivity contribution in [2.24, 2.45) is 0 Å². The fourth-order valence-corrected chi connectivity index (χ4v) is 3.67. The van der Waals surface area contributed by atoms with Crippen molar-refractivity contribution < 1.29 is 18.7 Å². The van der Waals surface area contributed by atoms with E-state index >= 15 is 0 Å². The van der Waals surface area contributed by atoms with E-state index in [1.807, 2.05) is 17.0 Å². The molecule has 2 aromatic carbocycles.